The summed E-state index contributed by atoms with van der Waals surface area (Å²) in [6.45, 7) is 6.50. The summed E-state index contributed by atoms with van der Waals surface area (Å²) in [5, 5.41) is 0. The molecule has 0 amide bonds. The van der Waals surface area contributed by atoms with E-state index in [1.807, 2.05) is 0 Å². The van der Waals surface area contributed by atoms with Crippen LogP contribution >= 0.6 is 0 Å². The Balaban J connectivity index is -0.0000000133. The normalized spacial score (nSPS) is 1.60. The molecule has 0 N–H and O–H groups in total. The molecule has 1 radical (unpaired) electrons. The van der Waals surface area contributed by atoms with Gasteiger partial charge in [0.15, 0.2) is 0 Å². The largest absolute Gasteiger partial charge is 2.00 e. The number of hydrogen-bond acceptors (Lipinski definition) is 2. The van der Waals surface area contributed by atoms with Crippen LogP contribution in [0.2, 0.25) is 0 Å². The molecule has 0 atom stereocenters. The smallest absolute Gasteiger partial charge is 0.545 e. The van der Waals surface area contributed by atoms with Crippen LogP contribution in [0.4, 0.5) is 0 Å². The van der Waals surface area contributed by atoms with Crippen LogP contribution in [0.3, 0.4) is 0 Å². The first-order valence-corrected chi connectivity index (χ1v) is 0.471. The summed E-state index contributed by atoms with van der Waals surface area (Å²) in [5.41, 5.74) is 0. The topological polar surface area (TPSA) is 34.1 Å². The minimum absolute atomic E-state index is 0. The van der Waals surface area contributed by atoms with Crippen molar-refractivity contribution in [3.05, 3.63) is 0 Å². The Labute approximate surface area is 43.3 Å². The molecular weight excluding hydrogens is 159 g/mol. The molecule has 0 aromatic heterocycles. The molecule has 0 heterocycles. The van der Waals surface area contributed by atoms with E-state index in [4.69, 9.17) is 9.59 Å². The van der Waals surface area contributed by atoms with E-state index in [2.05, 4.69) is 13.6 Å². The van der Waals surface area contributed by atoms with Gasteiger partial charge in [-0.25, -0.2) is 0 Å². The van der Waals surface area contributed by atoms with Crippen molar-refractivity contribution in [2.24, 2.45) is 0 Å². The molecule has 0 spiro atoms. The Hall–Kier alpha value is -0.0366. The van der Waals surface area contributed by atoms with Crippen molar-refractivity contribution in [3.8, 4) is 0 Å². The van der Waals surface area contributed by atoms with Gasteiger partial charge in [-0.05, 0) is 0 Å². The van der Waals surface area contributed by atoms with Gasteiger partial charge in [0, 0.05) is 0 Å². The summed E-state index contributed by atoms with van der Waals surface area (Å²) in [4.78, 5) is 15.5. The number of rotatable bonds is 0. The summed E-state index contributed by atoms with van der Waals surface area (Å²) in [6.07, 6.45) is 0. The van der Waals surface area contributed by atoms with Gasteiger partial charge in [-0.3, -0.25) is 13.6 Å². The first-order chi connectivity index (χ1) is 2.00. The van der Waals surface area contributed by atoms with Gasteiger partial charge >= 0.3 is 19.5 Å². The number of carbonyl (C=O) groups excluding carboxylic acids is 2. The fourth-order valence-corrected chi connectivity index (χ4v) is 0. The first-order valence-electron chi connectivity index (χ1n) is 0.471. The molecule has 0 saturated heterocycles. The van der Waals surface area contributed by atoms with E-state index in [0.717, 1.165) is 0 Å². The fourth-order valence-electron chi connectivity index (χ4n) is 0. The van der Waals surface area contributed by atoms with Gasteiger partial charge < -0.3 is 9.59 Å². The quantitative estimate of drug-likeness (QED) is 0.271. The van der Waals surface area contributed by atoms with Crippen LogP contribution in [-0.4, -0.2) is 13.6 Å². The van der Waals surface area contributed by atoms with E-state index in [0.29, 0.717) is 0 Å². The molecule has 0 aromatic carbocycles. The Morgan fingerprint density at radius 3 is 0.800 bits per heavy atom. The molecule has 0 bridgehead atoms. The zero-order valence-corrected chi connectivity index (χ0v) is 3.94. The van der Waals surface area contributed by atoms with Crippen molar-refractivity contribution < 1.29 is 29.1 Å². The predicted molar refractivity (Wildman–Crippen MR) is 13.5 cm³/mol. The standard InChI is InChI=1S/2CHO.Rh/c2*1-2;/h2*1H;/q2*-1;+2. The Kier molecular flexibility index (Phi) is 105000. The van der Waals surface area contributed by atoms with Crippen molar-refractivity contribution >= 4 is 13.6 Å². The van der Waals surface area contributed by atoms with Crippen LogP contribution in [0.15, 0.2) is 0 Å². The first kappa shape index (κ1) is 20.2. The third-order valence-corrected chi connectivity index (χ3v) is 0. The van der Waals surface area contributed by atoms with Crippen molar-refractivity contribution in [1.82, 2.24) is 0 Å². The second-order valence-electron chi connectivity index (χ2n) is 0. The Morgan fingerprint density at radius 1 is 0.800 bits per heavy atom. The van der Waals surface area contributed by atoms with E-state index in [-0.39, 0.29) is 19.5 Å². The van der Waals surface area contributed by atoms with Gasteiger partial charge in [-0.15, -0.1) is 0 Å². The molecule has 0 aliphatic heterocycles. The van der Waals surface area contributed by atoms with Gasteiger partial charge in [0.05, 0.1) is 0 Å². The third-order valence-electron chi connectivity index (χ3n) is 0. The maximum absolute atomic E-state index is 7.75. The Bertz CT molecular complexity index is 9.61. The molecule has 31 valence electrons. The molecule has 0 rings (SSSR count). The van der Waals surface area contributed by atoms with E-state index >= 15 is 0 Å². The third kappa shape index (κ3) is 11400. The molecular formula is C2H2O2Rh. The SMILES string of the molecule is [CH-]=O.[CH-]=O.[Rh+2]. The van der Waals surface area contributed by atoms with E-state index in [1.54, 1.807) is 0 Å². The molecule has 0 aliphatic carbocycles. The molecule has 0 fully saturated rings. The van der Waals surface area contributed by atoms with Crippen molar-refractivity contribution in [2.75, 3.05) is 0 Å². The van der Waals surface area contributed by atoms with Crippen LogP contribution in [0, 0.1) is 0 Å². The second kappa shape index (κ2) is 25900. The monoisotopic (exact) mass is 161 g/mol. The van der Waals surface area contributed by atoms with Crippen LogP contribution in [0.25, 0.3) is 0 Å². The van der Waals surface area contributed by atoms with Gasteiger partial charge in [0.2, 0.25) is 0 Å². The van der Waals surface area contributed by atoms with Crippen molar-refractivity contribution in [3.63, 3.8) is 0 Å². The van der Waals surface area contributed by atoms with Crippen LogP contribution in [-0.2, 0) is 29.1 Å². The fraction of sp³-hybridized carbons (Fsp3) is 0. The maximum Gasteiger partial charge on any atom is 2.00 e. The van der Waals surface area contributed by atoms with E-state index in [9.17, 15) is 0 Å². The van der Waals surface area contributed by atoms with Gasteiger partial charge in [0.25, 0.3) is 0 Å². The van der Waals surface area contributed by atoms with Crippen molar-refractivity contribution in [2.45, 2.75) is 0 Å². The molecule has 0 aromatic rings. The van der Waals surface area contributed by atoms with Gasteiger partial charge in [0.1, 0.15) is 0 Å². The minimum atomic E-state index is 0. The molecule has 0 saturated carbocycles. The Morgan fingerprint density at radius 2 is 0.800 bits per heavy atom. The molecule has 5 heavy (non-hydrogen) atoms. The summed E-state index contributed by atoms with van der Waals surface area (Å²) >= 11 is 0. The van der Waals surface area contributed by atoms with E-state index < -0.39 is 0 Å². The predicted octanol–water partition coefficient (Wildman–Crippen LogP) is -0.551. The second-order valence-corrected chi connectivity index (χ2v) is 0. The average molecular weight is 161 g/mol. The number of hydrogen-bond donors (Lipinski definition) is 0. The van der Waals surface area contributed by atoms with Crippen LogP contribution in [0.1, 0.15) is 0 Å². The van der Waals surface area contributed by atoms with Crippen LogP contribution in [0.5, 0.6) is 0 Å². The van der Waals surface area contributed by atoms with Crippen LogP contribution < -0.4 is 0 Å². The maximum atomic E-state index is 7.75. The summed E-state index contributed by atoms with van der Waals surface area (Å²) in [6, 6.07) is 0. The zero-order chi connectivity index (χ0) is 4.00. The minimum Gasteiger partial charge on any atom is -0.545 e. The summed E-state index contributed by atoms with van der Waals surface area (Å²) in [5.74, 6) is 0. The van der Waals surface area contributed by atoms with E-state index in [1.165, 1.54) is 0 Å². The zero-order valence-electron chi connectivity index (χ0n) is 2.30. The van der Waals surface area contributed by atoms with Gasteiger partial charge in [-0.1, -0.05) is 0 Å². The van der Waals surface area contributed by atoms with Crippen molar-refractivity contribution in [1.29, 1.82) is 0 Å². The molecule has 3 heteroatoms. The molecule has 0 unspecified atom stereocenters. The summed E-state index contributed by atoms with van der Waals surface area (Å²) < 4.78 is 0. The van der Waals surface area contributed by atoms with Gasteiger partial charge in [-0.2, -0.15) is 0 Å². The average Bonchev–Trinajstić information content (AvgIpc) is 1.50. The summed E-state index contributed by atoms with van der Waals surface area (Å²) in [7, 11) is 0. The molecule has 2 nitrogen and oxygen atoms in total. The molecule has 0 aliphatic rings.